The number of hydrogen-bond acceptors (Lipinski definition) is 5. The summed E-state index contributed by atoms with van der Waals surface area (Å²) in [5.74, 6) is 2.51. The summed E-state index contributed by atoms with van der Waals surface area (Å²) < 4.78 is 13.2. The fourth-order valence-electron chi connectivity index (χ4n) is 10.5. The summed E-state index contributed by atoms with van der Waals surface area (Å²) in [6.07, 6.45) is 8.07. The molecule has 2 aliphatic heterocycles. The van der Waals surface area contributed by atoms with Gasteiger partial charge in [-0.15, -0.1) is 0 Å². The van der Waals surface area contributed by atoms with Crippen LogP contribution in [-0.4, -0.2) is 66.4 Å². The van der Waals surface area contributed by atoms with Crippen LogP contribution in [0.15, 0.2) is 103 Å². The molecule has 1 saturated carbocycles. The van der Waals surface area contributed by atoms with Gasteiger partial charge in [0.2, 0.25) is 5.91 Å². The molecule has 8 rings (SSSR count). The zero-order valence-electron chi connectivity index (χ0n) is 30.7. The van der Waals surface area contributed by atoms with Crippen molar-refractivity contribution in [2.24, 2.45) is 5.92 Å². The molecule has 2 bridgehead atoms. The Hall–Kier alpha value is -4.42. The van der Waals surface area contributed by atoms with Crippen molar-refractivity contribution in [2.75, 3.05) is 26.7 Å². The molecular weight excluding hydrogens is 645 g/mol. The normalized spacial score (nSPS) is 24.2. The highest BCUT2D eigenvalue weighted by atomic mass is 16.5. The molecule has 0 aromatic heterocycles. The van der Waals surface area contributed by atoms with E-state index in [2.05, 4.69) is 113 Å². The van der Waals surface area contributed by atoms with Crippen LogP contribution in [0.2, 0.25) is 0 Å². The molecule has 5 atom stereocenters. The van der Waals surface area contributed by atoms with Crippen molar-refractivity contribution in [3.8, 4) is 11.5 Å². The molecule has 0 radical (unpaired) electrons. The van der Waals surface area contributed by atoms with Crippen LogP contribution in [0.25, 0.3) is 0 Å². The van der Waals surface area contributed by atoms with Crippen LogP contribution in [-0.2, 0) is 27.8 Å². The monoisotopic (exact) mass is 696 g/mol. The maximum atomic E-state index is 14.9. The smallest absolute Gasteiger partial charge is 0.222 e. The van der Waals surface area contributed by atoms with Gasteiger partial charge in [0.1, 0.15) is 11.9 Å². The second kappa shape index (κ2) is 14.9. The van der Waals surface area contributed by atoms with Gasteiger partial charge in [0.05, 0.1) is 19.7 Å². The maximum Gasteiger partial charge on any atom is 0.222 e. The lowest BCUT2D eigenvalue weighted by Gasteiger charge is -2.60. The first kappa shape index (κ1) is 34.7. The highest BCUT2D eigenvalue weighted by Gasteiger charge is 2.66. The van der Waals surface area contributed by atoms with E-state index in [9.17, 15) is 9.59 Å². The molecule has 2 aliphatic carbocycles. The van der Waals surface area contributed by atoms with Gasteiger partial charge in [-0.25, -0.2) is 0 Å². The second-order valence-electron chi connectivity index (χ2n) is 15.6. The fraction of sp³-hybridized carbons (Fsp3) is 0.435. The molecule has 4 aromatic rings. The Morgan fingerprint density at radius 2 is 1.58 bits per heavy atom. The first-order valence-electron chi connectivity index (χ1n) is 19.5. The largest absolute Gasteiger partial charge is 0.493 e. The van der Waals surface area contributed by atoms with E-state index < -0.39 is 0 Å². The zero-order valence-corrected chi connectivity index (χ0v) is 30.7. The first-order chi connectivity index (χ1) is 25.5. The molecule has 2 heterocycles. The summed E-state index contributed by atoms with van der Waals surface area (Å²) in [6.45, 7) is 3.66. The van der Waals surface area contributed by atoms with E-state index in [1.807, 2.05) is 0 Å². The minimum absolute atomic E-state index is 0.0325. The van der Waals surface area contributed by atoms with Crippen molar-refractivity contribution < 1.29 is 19.1 Å². The molecule has 6 heteroatoms. The molecule has 4 aromatic carbocycles. The molecule has 4 aliphatic rings. The molecular formula is C46H52N2O4. The van der Waals surface area contributed by atoms with Gasteiger partial charge in [0.25, 0.3) is 0 Å². The highest BCUT2D eigenvalue weighted by molar-refractivity contribution is 5.78. The summed E-state index contributed by atoms with van der Waals surface area (Å²) in [7, 11) is 1.73. The lowest BCUT2D eigenvalue weighted by Crippen LogP contribution is -2.69. The number of methoxy groups -OCH3 is 1. The van der Waals surface area contributed by atoms with Crippen LogP contribution >= 0.6 is 0 Å². The number of Topliss-reactive ketones (excluding diaryl/α,β-unsaturated/α-hetero) is 1. The lowest BCUT2D eigenvalue weighted by molar-refractivity contribution is -0.144. The number of piperidine rings is 1. The Morgan fingerprint density at radius 1 is 0.885 bits per heavy atom. The summed E-state index contributed by atoms with van der Waals surface area (Å²) in [5, 5.41) is 0. The average Bonchev–Trinajstić information content (AvgIpc) is 3.52. The van der Waals surface area contributed by atoms with Crippen LogP contribution in [0, 0.1) is 5.92 Å². The van der Waals surface area contributed by atoms with Crippen LogP contribution in [0.5, 0.6) is 11.5 Å². The van der Waals surface area contributed by atoms with E-state index in [-0.39, 0.29) is 41.2 Å². The molecule has 1 spiro atoms. The minimum Gasteiger partial charge on any atom is -0.493 e. The Balaban J connectivity index is 1.14. The number of rotatable bonds is 14. The molecule has 2 fully saturated rings. The Morgan fingerprint density at radius 3 is 2.25 bits per heavy atom. The van der Waals surface area contributed by atoms with E-state index in [4.69, 9.17) is 9.47 Å². The predicted molar refractivity (Wildman–Crippen MR) is 205 cm³/mol. The number of ketones is 1. The van der Waals surface area contributed by atoms with Crippen LogP contribution < -0.4 is 9.47 Å². The maximum absolute atomic E-state index is 14.9. The molecule has 1 amide bonds. The van der Waals surface area contributed by atoms with E-state index in [0.717, 1.165) is 69.4 Å². The van der Waals surface area contributed by atoms with Crippen LogP contribution in [0.4, 0.5) is 0 Å². The van der Waals surface area contributed by atoms with Gasteiger partial charge in [0.15, 0.2) is 11.5 Å². The predicted octanol–water partition coefficient (Wildman–Crippen LogP) is 8.16. The van der Waals surface area contributed by atoms with E-state index in [1.54, 1.807) is 14.0 Å². The number of nitrogens with zero attached hydrogens (tertiary/aromatic N) is 2. The van der Waals surface area contributed by atoms with Crippen molar-refractivity contribution in [1.82, 2.24) is 9.80 Å². The summed E-state index contributed by atoms with van der Waals surface area (Å²) in [5.41, 5.74) is 6.21. The fourth-order valence-corrected chi connectivity index (χ4v) is 10.5. The van der Waals surface area contributed by atoms with Crippen molar-refractivity contribution in [3.63, 3.8) is 0 Å². The Labute approximate surface area is 309 Å². The number of aryl methyl sites for hydroxylation is 1. The molecule has 52 heavy (non-hydrogen) atoms. The Kier molecular flexibility index (Phi) is 9.93. The van der Waals surface area contributed by atoms with Gasteiger partial charge in [-0.1, -0.05) is 103 Å². The summed E-state index contributed by atoms with van der Waals surface area (Å²) in [6, 6.07) is 36.5. The van der Waals surface area contributed by atoms with E-state index >= 15 is 0 Å². The third kappa shape index (κ3) is 6.33. The molecule has 0 unspecified atom stereocenters. The third-order valence-corrected chi connectivity index (χ3v) is 12.7. The van der Waals surface area contributed by atoms with Gasteiger partial charge >= 0.3 is 0 Å². The van der Waals surface area contributed by atoms with Crippen molar-refractivity contribution >= 4 is 11.7 Å². The highest BCUT2D eigenvalue weighted by Crippen LogP contribution is 2.64. The standard InChI is InChI=1S/C46H52N2O4/c1-32(49)30-47-28-27-46-38-24-25-39(45(46)52-44-41(51-2)26-23-36(43(44)46)29-40(38)47)48(42(50)22-14-4-9-17-33-15-7-3-8-16-33)31-37(34-18-10-5-11-19-34)35-20-12-6-13-21-35/h3,5-8,10-13,15-16,18-21,23,26,37-40,45H,4,9,14,17,22,24-25,27-31H2,1-2H3/t38-,39-,40+,45-,46-/m0/s1. The van der Waals surface area contributed by atoms with Gasteiger partial charge in [0, 0.05) is 35.9 Å². The first-order valence-corrected chi connectivity index (χ1v) is 19.5. The zero-order chi connectivity index (χ0) is 35.7. The average molecular weight is 697 g/mol. The summed E-state index contributed by atoms with van der Waals surface area (Å²) >= 11 is 0. The van der Waals surface area contributed by atoms with E-state index in [1.165, 1.54) is 27.8 Å². The number of amides is 1. The van der Waals surface area contributed by atoms with Crippen LogP contribution in [0.1, 0.15) is 85.6 Å². The quantitative estimate of drug-likeness (QED) is 0.125. The van der Waals surface area contributed by atoms with Crippen molar-refractivity contribution in [2.45, 2.75) is 94.2 Å². The molecule has 0 N–H and O–H groups in total. The number of carbonyl (C=O) groups excluding carboxylic acids is 2. The number of ether oxygens (including phenoxy) is 2. The van der Waals surface area contributed by atoms with Gasteiger partial charge < -0.3 is 14.4 Å². The van der Waals surface area contributed by atoms with Crippen molar-refractivity contribution in [3.05, 3.63) is 131 Å². The van der Waals surface area contributed by atoms with Gasteiger partial charge in [-0.3, -0.25) is 14.5 Å². The summed E-state index contributed by atoms with van der Waals surface area (Å²) in [4.78, 5) is 32.0. The number of likely N-dealkylation sites (tertiary alicyclic amines) is 1. The Bertz CT molecular complexity index is 1820. The van der Waals surface area contributed by atoms with Crippen molar-refractivity contribution in [1.29, 1.82) is 0 Å². The number of carbonyl (C=O) groups is 2. The topological polar surface area (TPSA) is 59.1 Å². The SMILES string of the molecule is COc1ccc2c3c1O[C@H]1[C@@H](N(CC(c4ccccc4)c4ccccc4)C(=O)CCCCCc4ccccc4)CC[C@H]4[C@@H](C2)N(CC(C)=O)CC[C@@]341. The number of benzene rings is 4. The number of hydrogen-bond donors (Lipinski definition) is 0. The van der Waals surface area contributed by atoms with Gasteiger partial charge in [-0.05, 0) is 92.7 Å². The van der Waals surface area contributed by atoms with E-state index in [0.29, 0.717) is 25.4 Å². The number of unbranched alkanes of at least 4 members (excludes halogenated alkanes) is 2. The molecule has 6 nitrogen and oxygen atoms in total. The molecule has 1 saturated heterocycles. The van der Waals surface area contributed by atoms with Crippen LogP contribution in [0.3, 0.4) is 0 Å². The minimum atomic E-state index is -0.221. The lowest BCUT2D eigenvalue weighted by atomic mass is 9.51. The third-order valence-electron chi connectivity index (χ3n) is 12.7. The second-order valence-corrected chi connectivity index (χ2v) is 15.6. The molecule has 270 valence electrons. The van der Waals surface area contributed by atoms with Gasteiger partial charge in [-0.2, -0.15) is 0 Å².